The van der Waals surface area contributed by atoms with E-state index in [2.05, 4.69) is 10.3 Å². The molecule has 3 N–H and O–H groups in total. The highest BCUT2D eigenvalue weighted by Gasteiger charge is 2.05. The van der Waals surface area contributed by atoms with Gasteiger partial charge in [0.2, 0.25) is 5.91 Å². The lowest BCUT2D eigenvalue weighted by molar-refractivity contribution is 0.1000. The van der Waals surface area contributed by atoms with Gasteiger partial charge in [-0.1, -0.05) is 0 Å². The molecule has 0 spiro atoms. The van der Waals surface area contributed by atoms with E-state index in [0.29, 0.717) is 11.3 Å². The highest BCUT2D eigenvalue weighted by Crippen LogP contribution is 2.00. The lowest BCUT2D eigenvalue weighted by Crippen LogP contribution is -2.34. The summed E-state index contributed by atoms with van der Waals surface area (Å²) in [6.07, 6.45) is 1.48. The van der Waals surface area contributed by atoms with Gasteiger partial charge in [-0.3, -0.25) is 9.78 Å². The third-order valence-corrected chi connectivity index (χ3v) is 1.93. The smallest absolute Gasteiger partial charge is 0.317 e. The van der Waals surface area contributed by atoms with Crippen LogP contribution in [0.3, 0.4) is 0 Å². The summed E-state index contributed by atoms with van der Waals surface area (Å²) in [7, 11) is 3.28. The number of rotatable bonds is 3. The molecule has 0 bridgehead atoms. The summed E-state index contributed by atoms with van der Waals surface area (Å²) < 4.78 is 0. The molecule has 86 valence electrons. The van der Waals surface area contributed by atoms with E-state index in [1.165, 1.54) is 17.2 Å². The molecule has 1 aromatic heterocycles. The topological polar surface area (TPSA) is 88.3 Å². The maximum absolute atomic E-state index is 11.2. The fourth-order valence-corrected chi connectivity index (χ4v) is 1.05. The zero-order valence-electron chi connectivity index (χ0n) is 9.23. The monoisotopic (exact) mass is 222 g/mol. The van der Waals surface area contributed by atoms with Crippen molar-refractivity contribution in [1.29, 1.82) is 0 Å². The van der Waals surface area contributed by atoms with Gasteiger partial charge in [-0.2, -0.15) is 0 Å². The average molecular weight is 222 g/mol. The van der Waals surface area contributed by atoms with Crippen molar-refractivity contribution in [3.8, 4) is 0 Å². The van der Waals surface area contributed by atoms with Crippen LogP contribution in [0.15, 0.2) is 18.3 Å². The molecule has 0 unspecified atom stereocenters. The van der Waals surface area contributed by atoms with E-state index in [1.807, 2.05) is 0 Å². The van der Waals surface area contributed by atoms with Crippen LogP contribution in [0.5, 0.6) is 0 Å². The summed E-state index contributed by atoms with van der Waals surface area (Å²) in [4.78, 5) is 27.6. The van der Waals surface area contributed by atoms with Crippen LogP contribution in [-0.4, -0.2) is 35.9 Å². The fraction of sp³-hybridized carbons (Fsp3) is 0.300. The van der Waals surface area contributed by atoms with Crippen LogP contribution in [0.25, 0.3) is 0 Å². The second-order valence-electron chi connectivity index (χ2n) is 3.45. The van der Waals surface area contributed by atoms with Crippen LogP contribution < -0.4 is 11.1 Å². The number of pyridine rings is 1. The number of hydrogen-bond acceptors (Lipinski definition) is 3. The van der Waals surface area contributed by atoms with Gasteiger partial charge in [-0.15, -0.1) is 0 Å². The van der Waals surface area contributed by atoms with Gasteiger partial charge in [0.1, 0.15) is 0 Å². The van der Waals surface area contributed by atoms with Crippen LogP contribution in [-0.2, 0) is 6.54 Å². The Balaban J connectivity index is 2.64. The van der Waals surface area contributed by atoms with Crippen molar-refractivity contribution in [3.63, 3.8) is 0 Å². The maximum atomic E-state index is 11.2. The molecule has 0 saturated carbocycles. The molecule has 1 rings (SSSR count). The quantitative estimate of drug-likeness (QED) is 0.751. The molecule has 16 heavy (non-hydrogen) atoms. The van der Waals surface area contributed by atoms with Crippen molar-refractivity contribution in [2.75, 3.05) is 14.1 Å². The number of nitrogens with zero attached hydrogens (tertiary/aromatic N) is 2. The van der Waals surface area contributed by atoms with Gasteiger partial charge >= 0.3 is 6.03 Å². The Morgan fingerprint density at radius 2 is 2.19 bits per heavy atom. The van der Waals surface area contributed by atoms with Crippen molar-refractivity contribution < 1.29 is 9.59 Å². The SMILES string of the molecule is CN(C)C(=O)NCc1cc(C(N)=O)ccn1. The van der Waals surface area contributed by atoms with E-state index in [-0.39, 0.29) is 12.6 Å². The van der Waals surface area contributed by atoms with Gasteiger partial charge in [-0.25, -0.2) is 4.79 Å². The van der Waals surface area contributed by atoms with Crippen molar-refractivity contribution in [2.24, 2.45) is 5.73 Å². The zero-order valence-corrected chi connectivity index (χ0v) is 9.23. The molecule has 0 aliphatic heterocycles. The Labute approximate surface area is 93.4 Å². The van der Waals surface area contributed by atoms with Crippen molar-refractivity contribution in [2.45, 2.75) is 6.54 Å². The molecular weight excluding hydrogens is 208 g/mol. The normalized spacial score (nSPS) is 9.62. The van der Waals surface area contributed by atoms with Gasteiger partial charge in [0.25, 0.3) is 0 Å². The Morgan fingerprint density at radius 1 is 1.50 bits per heavy atom. The van der Waals surface area contributed by atoms with E-state index >= 15 is 0 Å². The molecule has 1 heterocycles. The molecule has 0 aliphatic rings. The van der Waals surface area contributed by atoms with Crippen LogP contribution in [0.1, 0.15) is 16.1 Å². The number of primary amides is 1. The molecule has 0 atom stereocenters. The number of urea groups is 1. The van der Waals surface area contributed by atoms with Gasteiger partial charge in [-0.05, 0) is 12.1 Å². The second kappa shape index (κ2) is 5.11. The highest BCUT2D eigenvalue weighted by atomic mass is 16.2. The average Bonchev–Trinajstić information content (AvgIpc) is 2.26. The minimum absolute atomic E-state index is 0.216. The molecule has 6 heteroatoms. The van der Waals surface area contributed by atoms with E-state index in [1.54, 1.807) is 20.2 Å². The number of nitrogens with two attached hydrogens (primary N) is 1. The second-order valence-corrected chi connectivity index (χ2v) is 3.45. The number of carbonyl (C=O) groups is 2. The van der Waals surface area contributed by atoms with Crippen molar-refractivity contribution in [1.82, 2.24) is 15.2 Å². The zero-order chi connectivity index (χ0) is 12.1. The lowest BCUT2D eigenvalue weighted by atomic mass is 10.2. The predicted octanol–water partition coefficient (Wildman–Crippen LogP) is -0.0483. The lowest BCUT2D eigenvalue weighted by Gasteiger charge is -2.11. The molecule has 1 aromatic rings. The molecule has 6 nitrogen and oxygen atoms in total. The standard InChI is InChI=1S/C10H14N4O2/c1-14(2)10(16)13-6-8-5-7(9(11)15)3-4-12-8/h3-5H,6H2,1-2H3,(H2,11,15)(H,13,16). The molecular formula is C10H14N4O2. The molecule has 0 saturated heterocycles. The van der Waals surface area contributed by atoms with Crippen LogP contribution in [0, 0.1) is 0 Å². The molecule has 0 fully saturated rings. The summed E-state index contributed by atoms with van der Waals surface area (Å²) in [5, 5.41) is 2.64. The summed E-state index contributed by atoms with van der Waals surface area (Å²) >= 11 is 0. The molecule has 0 aliphatic carbocycles. The summed E-state index contributed by atoms with van der Waals surface area (Å²) in [6, 6.07) is 2.86. The van der Waals surface area contributed by atoms with Crippen LogP contribution in [0.4, 0.5) is 4.79 Å². The van der Waals surface area contributed by atoms with Gasteiger partial charge in [0.05, 0.1) is 12.2 Å². The maximum Gasteiger partial charge on any atom is 0.317 e. The van der Waals surface area contributed by atoms with Gasteiger partial charge in [0, 0.05) is 25.9 Å². The van der Waals surface area contributed by atoms with Crippen LogP contribution >= 0.6 is 0 Å². The molecule has 0 radical (unpaired) electrons. The van der Waals surface area contributed by atoms with Gasteiger partial charge in [0.15, 0.2) is 0 Å². The number of carbonyl (C=O) groups excluding carboxylic acids is 2. The first kappa shape index (κ1) is 12.0. The summed E-state index contributed by atoms with van der Waals surface area (Å²) in [5.74, 6) is -0.511. The Morgan fingerprint density at radius 3 is 2.75 bits per heavy atom. The first-order chi connectivity index (χ1) is 7.50. The molecule has 3 amide bonds. The minimum atomic E-state index is -0.511. The fourth-order valence-electron chi connectivity index (χ4n) is 1.05. The molecule has 0 aromatic carbocycles. The first-order valence-corrected chi connectivity index (χ1v) is 4.70. The number of amides is 3. The predicted molar refractivity (Wildman–Crippen MR) is 58.7 cm³/mol. The Bertz CT molecular complexity index is 404. The van der Waals surface area contributed by atoms with Crippen molar-refractivity contribution in [3.05, 3.63) is 29.6 Å². The minimum Gasteiger partial charge on any atom is -0.366 e. The largest absolute Gasteiger partial charge is 0.366 e. The van der Waals surface area contributed by atoms with E-state index in [9.17, 15) is 9.59 Å². The first-order valence-electron chi connectivity index (χ1n) is 4.70. The number of nitrogens with one attached hydrogen (secondary N) is 1. The highest BCUT2D eigenvalue weighted by molar-refractivity contribution is 5.92. The van der Waals surface area contributed by atoms with E-state index in [4.69, 9.17) is 5.73 Å². The summed E-state index contributed by atoms with van der Waals surface area (Å²) in [5.41, 5.74) is 6.09. The van der Waals surface area contributed by atoms with Crippen molar-refractivity contribution >= 4 is 11.9 Å². The third-order valence-electron chi connectivity index (χ3n) is 1.93. The number of hydrogen-bond donors (Lipinski definition) is 2. The van der Waals surface area contributed by atoms with Gasteiger partial charge < -0.3 is 16.0 Å². The van der Waals surface area contributed by atoms with E-state index < -0.39 is 5.91 Å². The number of aromatic nitrogens is 1. The van der Waals surface area contributed by atoms with E-state index in [0.717, 1.165) is 0 Å². The van der Waals surface area contributed by atoms with Crippen LogP contribution in [0.2, 0.25) is 0 Å². The Kier molecular flexibility index (Phi) is 3.82. The summed E-state index contributed by atoms with van der Waals surface area (Å²) in [6.45, 7) is 0.262. The third kappa shape index (κ3) is 3.23. The Hall–Kier alpha value is -2.11.